The fourth-order valence-corrected chi connectivity index (χ4v) is 3.53. The second kappa shape index (κ2) is 11.4. The average molecular weight is 471 g/mol. The molecule has 0 aliphatic rings. The fraction of sp³-hybridized carbons (Fsp3) is 0.250. The Bertz CT molecular complexity index is 1120. The number of halogens is 2. The van der Waals surface area contributed by atoms with Gasteiger partial charge in [0.25, 0.3) is 5.91 Å². The maximum absolute atomic E-state index is 13.2. The number of hydrogen-bond donors (Lipinski definition) is 3. The van der Waals surface area contributed by atoms with Gasteiger partial charge >= 0.3 is 5.97 Å². The summed E-state index contributed by atoms with van der Waals surface area (Å²) in [5.41, 5.74) is 2.56. The number of amides is 1. The fourth-order valence-electron chi connectivity index (χ4n) is 3.27. The van der Waals surface area contributed by atoms with E-state index in [1.165, 1.54) is 6.07 Å². The van der Waals surface area contributed by atoms with Crippen molar-refractivity contribution in [3.63, 3.8) is 0 Å². The minimum atomic E-state index is -1.21. The molecular formula is C24H24ClFN4O3. The zero-order valence-electron chi connectivity index (χ0n) is 18.0. The third-order valence-corrected chi connectivity index (χ3v) is 5.35. The van der Waals surface area contributed by atoms with E-state index in [1.807, 2.05) is 31.3 Å². The lowest BCUT2D eigenvalue weighted by atomic mass is 10.1. The number of aromatic nitrogens is 2. The number of aryl methyl sites for hydroxylation is 2. The molecule has 3 rings (SSSR count). The number of rotatable bonds is 10. The van der Waals surface area contributed by atoms with E-state index in [4.69, 9.17) is 11.6 Å². The number of carboxylic acid groups (broad SMARTS) is 1. The Morgan fingerprint density at radius 1 is 1.12 bits per heavy atom. The largest absolute Gasteiger partial charge is 0.480 e. The van der Waals surface area contributed by atoms with E-state index in [9.17, 15) is 19.1 Å². The monoisotopic (exact) mass is 470 g/mol. The number of aliphatic carboxylic acids is 1. The normalized spacial score (nSPS) is 11.6. The van der Waals surface area contributed by atoms with Gasteiger partial charge in [-0.2, -0.15) is 0 Å². The van der Waals surface area contributed by atoms with Crippen LogP contribution in [0.15, 0.2) is 54.7 Å². The molecular weight excluding hydrogens is 447 g/mol. The highest BCUT2D eigenvalue weighted by molar-refractivity contribution is 6.33. The molecule has 0 fully saturated rings. The first-order valence-electron chi connectivity index (χ1n) is 10.4. The van der Waals surface area contributed by atoms with Crippen LogP contribution in [0.2, 0.25) is 5.02 Å². The SMILES string of the molecule is CNc1cccc(CCCc2ccc(C[C@H](NC(=O)c3ccc(F)cc3Cl)C(=O)O)nc2)n1. The van der Waals surface area contributed by atoms with Crippen LogP contribution in [0, 0.1) is 5.82 Å². The second-order valence-electron chi connectivity index (χ2n) is 7.47. The van der Waals surface area contributed by atoms with Crippen LogP contribution in [0.25, 0.3) is 0 Å². The number of carbonyl (C=O) groups is 2. The lowest BCUT2D eigenvalue weighted by Crippen LogP contribution is -2.42. The van der Waals surface area contributed by atoms with Crippen molar-refractivity contribution in [2.24, 2.45) is 0 Å². The Hall–Kier alpha value is -3.52. The molecule has 3 N–H and O–H groups in total. The topological polar surface area (TPSA) is 104 Å². The van der Waals surface area contributed by atoms with Gasteiger partial charge < -0.3 is 15.7 Å². The van der Waals surface area contributed by atoms with Gasteiger partial charge in [-0.25, -0.2) is 14.2 Å². The Morgan fingerprint density at radius 2 is 1.94 bits per heavy atom. The third kappa shape index (κ3) is 6.98. The van der Waals surface area contributed by atoms with Crippen LogP contribution in [-0.4, -0.2) is 40.0 Å². The van der Waals surface area contributed by atoms with Gasteiger partial charge in [-0.15, -0.1) is 0 Å². The van der Waals surface area contributed by atoms with Crippen LogP contribution in [0.1, 0.15) is 33.7 Å². The van der Waals surface area contributed by atoms with E-state index < -0.39 is 23.7 Å². The number of nitrogens with zero attached hydrogens (tertiary/aromatic N) is 2. The highest BCUT2D eigenvalue weighted by Gasteiger charge is 2.23. The van der Waals surface area contributed by atoms with Crippen LogP contribution >= 0.6 is 11.6 Å². The van der Waals surface area contributed by atoms with E-state index in [2.05, 4.69) is 20.6 Å². The first kappa shape index (κ1) is 24.1. The number of nitrogens with one attached hydrogen (secondary N) is 2. The Labute approximate surface area is 196 Å². The highest BCUT2D eigenvalue weighted by Crippen LogP contribution is 2.17. The van der Waals surface area contributed by atoms with Gasteiger partial charge in [0.15, 0.2) is 0 Å². The van der Waals surface area contributed by atoms with Gasteiger partial charge in [0.2, 0.25) is 0 Å². The number of carbonyl (C=O) groups excluding carboxylic acids is 1. The maximum atomic E-state index is 13.2. The summed E-state index contributed by atoms with van der Waals surface area (Å²) in [6, 6.07) is 11.6. The molecule has 1 amide bonds. The average Bonchev–Trinajstić information content (AvgIpc) is 2.79. The predicted molar refractivity (Wildman–Crippen MR) is 124 cm³/mol. The first-order chi connectivity index (χ1) is 15.9. The van der Waals surface area contributed by atoms with Gasteiger partial charge in [0.05, 0.1) is 10.6 Å². The minimum absolute atomic E-state index is 0.000890. The van der Waals surface area contributed by atoms with Gasteiger partial charge in [0, 0.05) is 31.1 Å². The molecule has 3 aromatic rings. The van der Waals surface area contributed by atoms with Crippen molar-refractivity contribution >= 4 is 29.3 Å². The molecule has 0 aliphatic heterocycles. The summed E-state index contributed by atoms with van der Waals surface area (Å²) >= 11 is 5.89. The lowest BCUT2D eigenvalue weighted by molar-refractivity contribution is -0.139. The summed E-state index contributed by atoms with van der Waals surface area (Å²) in [7, 11) is 1.83. The van der Waals surface area contributed by atoms with Crippen molar-refractivity contribution in [2.75, 3.05) is 12.4 Å². The van der Waals surface area contributed by atoms with Gasteiger partial charge in [-0.05, 0) is 61.2 Å². The molecule has 2 aromatic heterocycles. The molecule has 9 heteroatoms. The van der Waals surface area contributed by atoms with E-state index in [0.29, 0.717) is 5.69 Å². The predicted octanol–water partition coefficient (Wildman–Crippen LogP) is 3.91. The number of benzene rings is 1. The van der Waals surface area contributed by atoms with E-state index in [0.717, 1.165) is 48.5 Å². The first-order valence-corrected chi connectivity index (χ1v) is 10.8. The summed E-state index contributed by atoms with van der Waals surface area (Å²) in [6.45, 7) is 0. The molecule has 33 heavy (non-hydrogen) atoms. The van der Waals surface area contributed by atoms with Gasteiger partial charge in [-0.1, -0.05) is 23.7 Å². The Balaban J connectivity index is 1.56. The lowest BCUT2D eigenvalue weighted by Gasteiger charge is -2.15. The number of pyridine rings is 2. The van der Waals surface area contributed by atoms with Crippen molar-refractivity contribution in [1.82, 2.24) is 15.3 Å². The summed E-state index contributed by atoms with van der Waals surface area (Å²) < 4.78 is 13.2. The zero-order valence-corrected chi connectivity index (χ0v) is 18.8. The van der Waals surface area contributed by atoms with E-state index in [1.54, 1.807) is 12.3 Å². The highest BCUT2D eigenvalue weighted by atomic mass is 35.5. The molecule has 0 unspecified atom stereocenters. The Kier molecular flexibility index (Phi) is 8.32. The maximum Gasteiger partial charge on any atom is 0.326 e. The summed E-state index contributed by atoms with van der Waals surface area (Å²) in [5, 5.41) is 14.9. The van der Waals surface area contributed by atoms with E-state index in [-0.39, 0.29) is 17.0 Å². The molecule has 1 aromatic carbocycles. The molecule has 0 saturated heterocycles. The van der Waals surface area contributed by atoms with Crippen LogP contribution in [-0.2, 0) is 24.1 Å². The smallest absolute Gasteiger partial charge is 0.326 e. The second-order valence-corrected chi connectivity index (χ2v) is 7.88. The van der Waals surface area contributed by atoms with Crippen molar-refractivity contribution in [2.45, 2.75) is 31.7 Å². The minimum Gasteiger partial charge on any atom is -0.480 e. The molecule has 0 aliphatic carbocycles. The third-order valence-electron chi connectivity index (χ3n) is 5.04. The molecule has 1 atom stereocenters. The van der Waals surface area contributed by atoms with Crippen molar-refractivity contribution in [1.29, 1.82) is 0 Å². The number of hydrogen-bond acceptors (Lipinski definition) is 5. The molecule has 7 nitrogen and oxygen atoms in total. The van der Waals surface area contributed by atoms with Crippen molar-refractivity contribution < 1.29 is 19.1 Å². The van der Waals surface area contributed by atoms with Gasteiger partial charge in [-0.3, -0.25) is 9.78 Å². The van der Waals surface area contributed by atoms with Crippen LogP contribution in [0.4, 0.5) is 10.2 Å². The summed E-state index contributed by atoms with van der Waals surface area (Å²) in [6.07, 6.45) is 4.25. The standard InChI is InChI=1S/C24H24ClFN4O3/c1-27-22-7-3-6-17(29-22)5-2-4-15-8-10-18(28-14-15)13-21(24(32)33)30-23(31)19-11-9-16(26)12-20(19)25/h3,6-12,14,21H,2,4-5,13H2,1H3,(H,27,29)(H,30,31)(H,32,33)/t21-/m0/s1. The van der Waals surface area contributed by atoms with Gasteiger partial charge in [0.1, 0.15) is 17.7 Å². The Morgan fingerprint density at radius 3 is 2.61 bits per heavy atom. The zero-order chi connectivity index (χ0) is 23.8. The van der Waals surface area contributed by atoms with Crippen molar-refractivity contribution in [3.05, 3.63) is 88.1 Å². The molecule has 0 saturated carbocycles. The molecule has 2 heterocycles. The van der Waals surface area contributed by atoms with Crippen LogP contribution in [0.5, 0.6) is 0 Å². The molecule has 172 valence electrons. The molecule has 0 bridgehead atoms. The molecule has 0 radical (unpaired) electrons. The van der Waals surface area contributed by atoms with Crippen molar-refractivity contribution in [3.8, 4) is 0 Å². The number of anilines is 1. The number of carboxylic acids is 1. The van der Waals surface area contributed by atoms with Crippen LogP contribution < -0.4 is 10.6 Å². The van der Waals surface area contributed by atoms with E-state index >= 15 is 0 Å². The molecule has 0 spiro atoms. The summed E-state index contributed by atoms with van der Waals surface area (Å²) in [4.78, 5) is 32.9. The van der Waals surface area contributed by atoms with Crippen LogP contribution in [0.3, 0.4) is 0 Å². The quantitative estimate of drug-likeness (QED) is 0.415. The summed E-state index contributed by atoms with van der Waals surface area (Å²) in [5.74, 6) is -1.65.